The second-order valence-electron chi connectivity index (χ2n) is 2.40. The van der Waals surface area contributed by atoms with E-state index in [9.17, 15) is 0 Å². The number of benzene rings is 1. The van der Waals surface area contributed by atoms with Crippen molar-refractivity contribution in [2.75, 3.05) is 0 Å². The number of thiol groups is 1. The van der Waals surface area contributed by atoms with Gasteiger partial charge in [0, 0.05) is 5.39 Å². The average Bonchev–Trinajstić information content (AvgIpc) is 2.47. The minimum absolute atomic E-state index is 0.469. The van der Waals surface area contributed by atoms with Gasteiger partial charge in [0.15, 0.2) is 4.32 Å². The van der Waals surface area contributed by atoms with Crippen LogP contribution in [0.25, 0.3) is 10.9 Å². The molecule has 0 radical (unpaired) electrons. The fourth-order valence-corrected chi connectivity index (χ4v) is 1.43. The number of hydrogen-bond donors (Lipinski definition) is 1. The molecule has 2 aromatic rings. The van der Waals surface area contributed by atoms with Gasteiger partial charge >= 0.3 is 0 Å². The number of hydrogen-bond acceptors (Lipinski definition) is 2. The van der Waals surface area contributed by atoms with Crippen LogP contribution in [0.4, 0.5) is 0 Å². The molecule has 0 aliphatic heterocycles. The lowest BCUT2D eigenvalue weighted by atomic mass is 10.3. The first kappa shape index (κ1) is 7.76. The molecule has 0 amide bonds. The first-order valence-electron chi connectivity index (χ1n) is 3.45. The monoisotopic (exact) mass is 194 g/mol. The van der Waals surface area contributed by atoms with E-state index in [4.69, 9.17) is 12.2 Å². The maximum atomic E-state index is 4.91. The molecule has 60 valence electrons. The van der Waals surface area contributed by atoms with E-state index in [1.807, 2.05) is 24.3 Å². The maximum absolute atomic E-state index is 4.91. The second kappa shape index (κ2) is 2.88. The Morgan fingerprint density at radius 3 is 2.92 bits per heavy atom. The molecule has 1 heterocycles. The molecule has 1 aromatic heterocycles. The SMILES string of the molecule is S=C(S)n1ncc2ccccc21. The highest BCUT2D eigenvalue weighted by Crippen LogP contribution is 2.12. The van der Waals surface area contributed by atoms with Gasteiger partial charge in [-0.1, -0.05) is 30.4 Å². The molecule has 0 spiro atoms. The lowest BCUT2D eigenvalue weighted by Gasteiger charge is -1.96. The zero-order valence-corrected chi connectivity index (χ0v) is 7.85. The van der Waals surface area contributed by atoms with E-state index in [0.717, 1.165) is 10.9 Å². The van der Waals surface area contributed by atoms with Gasteiger partial charge in [0.2, 0.25) is 0 Å². The van der Waals surface area contributed by atoms with Crippen molar-refractivity contribution in [2.24, 2.45) is 0 Å². The van der Waals surface area contributed by atoms with E-state index in [1.165, 1.54) is 0 Å². The highest BCUT2D eigenvalue weighted by atomic mass is 32.1. The van der Waals surface area contributed by atoms with Crippen LogP contribution in [-0.4, -0.2) is 14.1 Å². The average molecular weight is 194 g/mol. The van der Waals surface area contributed by atoms with E-state index in [1.54, 1.807) is 10.9 Å². The van der Waals surface area contributed by atoms with Crippen LogP contribution in [0.3, 0.4) is 0 Å². The van der Waals surface area contributed by atoms with Gasteiger partial charge in [-0.25, -0.2) is 4.68 Å². The standard InChI is InChI=1S/C8H6N2S2/c11-8(12)10-7-4-2-1-3-6(7)5-9-10/h1-5H,(H,11,12). The van der Waals surface area contributed by atoms with E-state index in [2.05, 4.69) is 17.7 Å². The summed E-state index contributed by atoms with van der Waals surface area (Å²) in [4.78, 5) is 0. The van der Waals surface area contributed by atoms with Gasteiger partial charge in [-0.2, -0.15) is 5.10 Å². The molecule has 0 aliphatic rings. The lowest BCUT2D eigenvalue weighted by molar-refractivity contribution is 0.996. The van der Waals surface area contributed by atoms with Crippen LogP contribution >= 0.6 is 24.8 Å². The molecular weight excluding hydrogens is 188 g/mol. The number of para-hydroxylation sites is 1. The van der Waals surface area contributed by atoms with Crippen LogP contribution in [0.2, 0.25) is 0 Å². The molecule has 2 rings (SSSR count). The highest BCUT2D eigenvalue weighted by molar-refractivity contribution is 8.11. The Labute approximate surface area is 80.6 Å². The summed E-state index contributed by atoms with van der Waals surface area (Å²) in [6.45, 7) is 0. The Hall–Kier alpha value is -0.870. The highest BCUT2D eigenvalue weighted by Gasteiger charge is 2.01. The topological polar surface area (TPSA) is 17.8 Å². The lowest BCUT2D eigenvalue weighted by Crippen LogP contribution is -2.02. The number of fused-ring (bicyclic) bond motifs is 1. The molecule has 0 unspecified atom stereocenters. The largest absolute Gasteiger partial charge is 0.216 e. The van der Waals surface area contributed by atoms with Crippen molar-refractivity contribution >= 4 is 40.1 Å². The molecular formula is C8H6N2S2. The van der Waals surface area contributed by atoms with Crippen LogP contribution < -0.4 is 0 Å². The normalized spacial score (nSPS) is 10.4. The van der Waals surface area contributed by atoms with Crippen molar-refractivity contribution in [1.82, 2.24) is 9.78 Å². The minimum atomic E-state index is 0.469. The van der Waals surface area contributed by atoms with Crippen LogP contribution in [0.15, 0.2) is 30.5 Å². The zero-order chi connectivity index (χ0) is 8.55. The fraction of sp³-hybridized carbons (Fsp3) is 0. The van der Waals surface area contributed by atoms with Crippen molar-refractivity contribution in [3.63, 3.8) is 0 Å². The van der Waals surface area contributed by atoms with Gasteiger partial charge in [-0.15, -0.1) is 12.6 Å². The zero-order valence-electron chi connectivity index (χ0n) is 6.14. The minimum Gasteiger partial charge on any atom is -0.216 e. The van der Waals surface area contributed by atoms with Gasteiger partial charge in [0.05, 0.1) is 11.7 Å². The molecule has 0 saturated carbocycles. The summed E-state index contributed by atoms with van der Waals surface area (Å²) < 4.78 is 2.10. The Morgan fingerprint density at radius 2 is 2.17 bits per heavy atom. The third kappa shape index (κ3) is 1.13. The van der Waals surface area contributed by atoms with E-state index >= 15 is 0 Å². The smallest absolute Gasteiger partial charge is 0.158 e. The van der Waals surface area contributed by atoms with Crippen LogP contribution in [0.5, 0.6) is 0 Å². The van der Waals surface area contributed by atoms with Gasteiger partial charge in [0.25, 0.3) is 0 Å². The molecule has 0 atom stereocenters. The van der Waals surface area contributed by atoms with E-state index < -0.39 is 0 Å². The van der Waals surface area contributed by atoms with Crippen molar-refractivity contribution in [3.8, 4) is 0 Å². The molecule has 12 heavy (non-hydrogen) atoms. The first-order chi connectivity index (χ1) is 5.79. The van der Waals surface area contributed by atoms with Gasteiger partial charge < -0.3 is 0 Å². The third-order valence-electron chi connectivity index (χ3n) is 1.66. The van der Waals surface area contributed by atoms with Gasteiger partial charge in [0.1, 0.15) is 0 Å². The summed E-state index contributed by atoms with van der Waals surface area (Å²) in [7, 11) is 0. The van der Waals surface area contributed by atoms with Crippen molar-refractivity contribution in [3.05, 3.63) is 30.5 Å². The fourth-order valence-electron chi connectivity index (χ4n) is 1.12. The molecule has 0 aliphatic carbocycles. The summed E-state index contributed by atoms with van der Waals surface area (Å²) in [5.41, 5.74) is 0.998. The van der Waals surface area contributed by atoms with Gasteiger partial charge in [-0.05, 0) is 6.07 Å². The summed E-state index contributed by atoms with van der Waals surface area (Å²) >= 11 is 8.97. The van der Waals surface area contributed by atoms with Crippen molar-refractivity contribution in [2.45, 2.75) is 0 Å². The van der Waals surface area contributed by atoms with Gasteiger partial charge in [-0.3, -0.25) is 0 Å². The molecule has 0 saturated heterocycles. The number of thiocarbonyl (C=S) groups is 1. The van der Waals surface area contributed by atoms with Crippen LogP contribution in [0, 0.1) is 0 Å². The summed E-state index contributed by atoms with van der Waals surface area (Å²) in [6, 6.07) is 7.87. The number of nitrogens with zero attached hydrogens (tertiary/aromatic N) is 2. The molecule has 2 nitrogen and oxygen atoms in total. The molecule has 0 fully saturated rings. The summed E-state index contributed by atoms with van der Waals surface area (Å²) in [6.07, 6.45) is 1.78. The van der Waals surface area contributed by atoms with E-state index in [0.29, 0.717) is 4.32 Å². The first-order valence-corrected chi connectivity index (χ1v) is 4.30. The summed E-state index contributed by atoms with van der Waals surface area (Å²) in [5.74, 6) is 0. The predicted molar refractivity (Wildman–Crippen MR) is 56.7 cm³/mol. The number of aromatic nitrogens is 2. The predicted octanol–water partition coefficient (Wildman–Crippen LogP) is 2.10. The Bertz CT molecular complexity index is 433. The molecule has 0 bridgehead atoms. The van der Waals surface area contributed by atoms with E-state index in [-0.39, 0.29) is 0 Å². The Morgan fingerprint density at radius 1 is 1.42 bits per heavy atom. The Balaban J connectivity index is 2.79. The second-order valence-corrected chi connectivity index (χ2v) is 3.51. The van der Waals surface area contributed by atoms with Crippen LogP contribution in [-0.2, 0) is 0 Å². The number of rotatable bonds is 0. The molecule has 0 N–H and O–H groups in total. The van der Waals surface area contributed by atoms with Crippen LogP contribution in [0.1, 0.15) is 0 Å². The van der Waals surface area contributed by atoms with Crippen molar-refractivity contribution in [1.29, 1.82) is 0 Å². The quantitative estimate of drug-likeness (QED) is 0.511. The Kier molecular flexibility index (Phi) is 1.86. The van der Waals surface area contributed by atoms with Crippen molar-refractivity contribution < 1.29 is 0 Å². The molecule has 1 aromatic carbocycles. The molecule has 4 heteroatoms. The maximum Gasteiger partial charge on any atom is 0.158 e. The summed E-state index contributed by atoms with van der Waals surface area (Å²) in [5, 5.41) is 5.17. The third-order valence-corrected chi connectivity index (χ3v) is 2.02.